The van der Waals surface area contributed by atoms with Crippen LogP contribution in [0.3, 0.4) is 0 Å². The first kappa shape index (κ1) is 11.9. The van der Waals surface area contributed by atoms with Gasteiger partial charge in [0.2, 0.25) is 0 Å². The summed E-state index contributed by atoms with van der Waals surface area (Å²) in [7, 11) is 1.37. The van der Waals surface area contributed by atoms with Crippen molar-refractivity contribution in [2.75, 3.05) is 7.11 Å². The predicted molar refractivity (Wildman–Crippen MR) is 63.8 cm³/mol. The first-order chi connectivity index (χ1) is 8.61. The van der Waals surface area contributed by atoms with Gasteiger partial charge in [0.15, 0.2) is 5.75 Å². The van der Waals surface area contributed by atoms with Gasteiger partial charge in [0.25, 0.3) is 0 Å². The van der Waals surface area contributed by atoms with Crippen LogP contribution in [0, 0.1) is 10.1 Å². The van der Waals surface area contributed by atoms with Crippen LogP contribution in [0.5, 0.6) is 5.75 Å². The molecule has 1 aromatic heterocycles. The van der Waals surface area contributed by atoms with E-state index in [4.69, 9.17) is 4.74 Å². The molecular weight excluding hydrogens is 238 g/mol. The van der Waals surface area contributed by atoms with Crippen LogP contribution in [-0.4, -0.2) is 21.6 Å². The fourth-order valence-electron chi connectivity index (χ4n) is 1.65. The van der Waals surface area contributed by atoms with Crippen LogP contribution in [0.1, 0.15) is 5.56 Å². The van der Waals surface area contributed by atoms with Crippen molar-refractivity contribution in [1.29, 1.82) is 0 Å². The molecule has 0 aliphatic carbocycles. The number of rotatable bonds is 4. The van der Waals surface area contributed by atoms with Crippen LogP contribution < -0.4 is 10.4 Å². The Kier molecular flexibility index (Phi) is 3.13. The Hall–Kier alpha value is -2.57. The average Bonchev–Trinajstić information content (AvgIpc) is 2.75. The van der Waals surface area contributed by atoms with Gasteiger partial charge in [-0.3, -0.25) is 14.7 Å². The number of nitrogens with one attached hydrogen (secondary N) is 1. The number of benzene rings is 1. The topological polar surface area (TPSA) is 90.2 Å². The van der Waals surface area contributed by atoms with Gasteiger partial charge in [0.05, 0.1) is 18.6 Å². The Morgan fingerprint density at radius 2 is 2.28 bits per heavy atom. The number of hydrogen-bond donors (Lipinski definition) is 1. The van der Waals surface area contributed by atoms with Gasteiger partial charge in [0, 0.05) is 18.5 Å². The zero-order valence-electron chi connectivity index (χ0n) is 9.62. The molecule has 2 rings (SSSR count). The molecule has 1 heterocycles. The van der Waals surface area contributed by atoms with Crippen molar-refractivity contribution in [1.82, 2.24) is 9.55 Å². The van der Waals surface area contributed by atoms with Crippen molar-refractivity contribution >= 4 is 5.69 Å². The van der Waals surface area contributed by atoms with Crippen LogP contribution in [0.25, 0.3) is 0 Å². The lowest BCUT2D eigenvalue weighted by atomic mass is 10.2. The number of nitro benzene ring substituents is 1. The van der Waals surface area contributed by atoms with Crippen molar-refractivity contribution in [2.45, 2.75) is 6.54 Å². The maximum absolute atomic E-state index is 11.3. The molecule has 0 amide bonds. The van der Waals surface area contributed by atoms with Crippen molar-refractivity contribution in [3.05, 3.63) is 56.8 Å². The van der Waals surface area contributed by atoms with Gasteiger partial charge in [-0.05, 0) is 11.6 Å². The van der Waals surface area contributed by atoms with Gasteiger partial charge in [-0.25, -0.2) is 4.79 Å². The average molecular weight is 249 g/mol. The zero-order valence-corrected chi connectivity index (χ0v) is 9.62. The standard InChI is InChI=1S/C11H11N3O4/c1-18-10-3-2-8(6-9(10)14(16)17)7-13-5-4-12-11(13)15/h2-6H,7H2,1H3,(H,12,15). The summed E-state index contributed by atoms with van der Waals surface area (Å²) in [6, 6.07) is 4.61. The molecule has 0 fully saturated rings. The van der Waals surface area contributed by atoms with E-state index in [-0.39, 0.29) is 23.7 Å². The summed E-state index contributed by atoms with van der Waals surface area (Å²) in [5.74, 6) is 0.199. The third-order valence-corrected chi connectivity index (χ3v) is 2.52. The second-order valence-electron chi connectivity index (χ2n) is 3.66. The molecular formula is C11H11N3O4. The second kappa shape index (κ2) is 4.74. The predicted octanol–water partition coefficient (Wildman–Crippen LogP) is 1.14. The number of aromatic nitrogens is 2. The molecule has 1 N–H and O–H groups in total. The van der Waals surface area contributed by atoms with Crippen molar-refractivity contribution in [3.8, 4) is 5.75 Å². The summed E-state index contributed by atoms with van der Waals surface area (Å²) in [4.78, 5) is 24.2. The molecule has 0 saturated heterocycles. The second-order valence-corrected chi connectivity index (χ2v) is 3.66. The highest BCUT2D eigenvalue weighted by Crippen LogP contribution is 2.27. The molecule has 0 bridgehead atoms. The largest absolute Gasteiger partial charge is 0.490 e. The van der Waals surface area contributed by atoms with E-state index in [0.717, 1.165) is 0 Å². The zero-order chi connectivity index (χ0) is 13.1. The Balaban J connectivity index is 2.36. The molecule has 2 aromatic rings. The lowest BCUT2D eigenvalue weighted by molar-refractivity contribution is -0.385. The van der Waals surface area contributed by atoms with E-state index in [0.29, 0.717) is 5.56 Å². The number of aromatic amines is 1. The molecule has 7 nitrogen and oxygen atoms in total. The number of ether oxygens (including phenoxy) is 1. The van der Waals surface area contributed by atoms with Crippen LogP contribution in [-0.2, 0) is 6.54 Å². The van der Waals surface area contributed by atoms with E-state index >= 15 is 0 Å². The van der Waals surface area contributed by atoms with Gasteiger partial charge in [0.1, 0.15) is 0 Å². The van der Waals surface area contributed by atoms with Crippen LogP contribution in [0.4, 0.5) is 5.69 Å². The van der Waals surface area contributed by atoms with E-state index in [2.05, 4.69) is 4.98 Å². The number of nitro groups is 1. The van der Waals surface area contributed by atoms with E-state index in [9.17, 15) is 14.9 Å². The summed E-state index contributed by atoms with van der Waals surface area (Å²) in [5, 5.41) is 10.9. The van der Waals surface area contributed by atoms with E-state index < -0.39 is 4.92 Å². The minimum atomic E-state index is -0.512. The fraction of sp³-hybridized carbons (Fsp3) is 0.182. The van der Waals surface area contributed by atoms with E-state index in [1.807, 2.05) is 0 Å². The van der Waals surface area contributed by atoms with Crippen LogP contribution in [0.15, 0.2) is 35.4 Å². The van der Waals surface area contributed by atoms with Crippen molar-refractivity contribution in [3.63, 3.8) is 0 Å². The Labute approximate surface area is 102 Å². The highest BCUT2D eigenvalue weighted by atomic mass is 16.6. The highest BCUT2D eigenvalue weighted by Gasteiger charge is 2.15. The van der Waals surface area contributed by atoms with Gasteiger partial charge < -0.3 is 9.72 Å². The maximum atomic E-state index is 11.3. The summed E-state index contributed by atoms with van der Waals surface area (Å²) < 4.78 is 6.33. The van der Waals surface area contributed by atoms with Gasteiger partial charge in [-0.2, -0.15) is 0 Å². The van der Waals surface area contributed by atoms with E-state index in [1.165, 1.54) is 30.0 Å². The minimum absolute atomic E-state index is 0.112. The molecule has 0 radical (unpaired) electrons. The minimum Gasteiger partial charge on any atom is -0.490 e. The summed E-state index contributed by atoms with van der Waals surface area (Å²) in [6.45, 7) is 0.271. The molecule has 0 spiro atoms. The van der Waals surface area contributed by atoms with Crippen LogP contribution in [0.2, 0.25) is 0 Å². The number of nitrogens with zero attached hydrogens (tertiary/aromatic N) is 2. The molecule has 18 heavy (non-hydrogen) atoms. The van der Waals surface area contributed by atoms with Crippen molar-refractivity contribution in [2.24, 2.45) is 0 Å². The van der Waals surface area contributed by atoms with Gasteiger partial charge in [-0.15, -0.1) is 0 Å². The Morgan fingerprint density at radius 3 is 2.83 bits per heavy atom. The Bertz CT molecular complexity index is 629. The molecule has 94 valence electrons. The number of methoxy groups -OCH3 is 1. The fourth-order valence-corrected chi connectivity index (χ4v) is 1.65. The summed E-state index contributed by atoms with van der Waals surface area (Å²) in [6.07, 6.45) is 3.10. The third-order valence-electron chi connectivity index (χ3n) is 2.52. The molecule has 0 aliphatic heterocycles. The molecule has 7 heteroatoms. The molecule has 0 atom stereocenters. The normalized spacial score (nSPS) is 10.3. The molecule has 1 aromatic carbocycles. The molecule has 0 unspecified atom stereocenters. The Morgan fingerprint density at radius 1 is 1.50 bits per heavy atom. The molecule has 0 aliphatic rings. The van der Waals surface area contributed by atoms with Crippen molar-refractivity contribution < 1.29 is 9.66 Å². The SMILES string of the molecule is COc1ccc(Cn2cc[nH]c2=O)cc1[N+](=O)[O-]. The smallest absolute Gasteiger partial charge is 0.325 e. The first-order valence-electron chi connectivity index (χ1n) is 5.17. The van der Waals surface area contributed by atoms with Gasteiger partial charge in [-0.1, -0.05) is 6.07 Å². The third kappa shape index (κ3) is 2.24. The van der Waals surface area contributed by atoms with E-state index in [1.54, 1.807) is 12.3 Å². The number of H-pyrrole nitrogens is 1. The number of imidazole rings is 1. The lowest BCUT2D eigenvalue weighted by Crippen LogP contribution is -2.16. The maximum Gasteiger partial charge on any atom is 0.325 e. The summed E-state index contributed by atoms with van der Waals surface area (Å²) >= 11 is 0. The van der Waals surface area contributed by atoms with Gasteiger partial charge >= 0.3 is 11.4 Å². The monoisotopic (exact) mass is 249 g/mol. The number of hydrogen-bond acceptors (Lipinski definition) is 4. The molecule has 0 saturated carbocycles. The van der Waals surface area contributed by atoms with Crippen LogP contribution >= 0.6 is 0 Å². The lowest BCUT2D eigenvalue weighted by Gasteiger charge is -2.05. The quantitative estimate of drug-likeness (QED) is 0.649. The first-order valence-corrected chi connectivity index (χ1v) is 5.17. The highest BCUT2D eigenvalue weighted by molar-refractivity contribution is 5.48. The summed E-state index contributed by atoms with van der Waals surface area (Å²) in [5.41, 5.74) is 0.288.